The highest BCUT2D eigenvalue weighted by molar-refractivity contribution is 7.19. The lowest BCUT2D eigenvalue weighted by molar-refractivity contribution is 0.164. The topological polar surface area (TPSA) is 67.4 Å². The highest BCUT2D eigenvalue weighted by Gasteiger charge is 2.23. The van der Waals surface area contributed by atoms with Crippen LogP contribution in [-0.2, 0) is 4.74 Å². The van der Waals surface area contributed by atoms with Crippen molar-refractivity contribution in [3.63, 3.8) is 0 Å². The second-order valence-corrected chi connectivity index (χ2v) is 7.37. The molecule has 6 nitrogen and oxygen atoms in total. The Labute approximate surface area is 129 Å². The molecule has 106 valence electrons. The van der Waals surface area contributed by atoms with Crippen molar-refractivity contribution in [1.29, 1.82) is 0 Å². The number of hydrogen-bond acceptors (Lipinski definition) is 6. The second kappa shape index (κ2) is 6.30. The van der Waals surface area contributed by atoms with Gasteiger partial charge in [0.1, 0.15) is 6.61 Å². The zero-order chi connectivity index (χ0) is 13.9. The lowest BCUT2D eigenvalue weighted by atomic mass is 10.4. The van der Waals surface area contributed by atoms with Crippen LogP contribution in [0.25, 0.3) is 0 Å². The molecule has 1 aromatic rings. The Morgan fingerprint density at radius 3 is 2.68 bits per heavy atom. The van der Waals surface area contributed by atoms with Crippen molar-refractivity contribution in [2.45, 2.75) is 16.6 Å². The molecule has 1 aliphatic rings. The van der Waals surface area contributed by atoms with Crippen molar-refractivity contribution >= 4 is 62.5 Å². The smallest absolute Gasteiger partial charge is 0.413 e. The van der Waals surface area contributed by atoms with E-state index in [9.17, 15) is 4.79 Å². The van der Waals surface area contributed by atoms with E-state index in [0.29, 0.717) is 5.13 Å². The van der Waals surface area contributed by atoms with E-state index >= 15 is 0 Å². The number of hydrogen-bond donors (Lipinski definition) is 1. The van der Waals surface area contributed by atoms with Crippen molar-refractivity contribution in [2.24, 2.45) is 0 Å². The summed E-state index contributed by atoms with van der Waals surface area (Å²) in [5.74, 6) is 0. The Bertz CT molecular complexity index is 445. The third-order valence-electron chi connectivity index (χ3n) is 2.37. The number of rotatable bonds is 3. The van der Waals surface area contributed by atoms with Gasteiger partial charge in [-0.1, -0.05) is 46.1 Å². The van der Waals surface area contributed by atoms with Gasteiger partial charge in [-0.3, -0.25) is 5.32 Å². The van der Waals surface area contributed by atoms with E-state index in [0.717, 1.165) is 31.1 Å². The highest BCUT2D eigenvalue weighted by atomic mass is 35.6. The maximum Gasteiger partial charge on any atom is 0.413 e. The molecule has 0 saturated carbocycles. The molecule has 1 aromatic heterocycles. The first kappa shape index (κ1) is 14.9. The molecule has 10 heteroatoms. The minimum atomic E-state index is -1.63. The fourth-order valence-electron chi connectivity index (χ4n) is 1.57. The predicted molar refractivity (Wildman–Crippen MR) is 76.6 cm³/mol. The third-order valence-corrected chi connectivity index (χ3v) is 3.59. The van der Waals surface area contributed by atoms with Crippen LogP contribution in [-0.4, -0.2) is 39.8 Å². The van der Waals surface area contributed by atoms with Gasteiger partial charge in [-0.25, -0.2) is 4.79 Å². The van der Waals surface area contributed by atoms with E-state index in [-0.39, 0.29) is 6.61 Å². The molecule has 0 radical (unpaired) electrons. The summed E-state index contributed by atoms with van der Waals surface area (Å²) in [6.07, 6.45) is 1.57. The second-order valence-electron chi connectivity index (χ2n) is 3.90. The Kier molecular flexibility index (Phi) is 4.94. The molecule has 0 spiro atoms. The van der Waals surface area contributed by atoms with Crippen molar-refractivity contribution in [3.8, 4) is 0 Å². The van der Waals surface area contributed by atoms with Crippen LogP contribution in [0, 0.1) is 0 Å². The SMILES string of the molecule is O=C(Nc1nnc(N2CCCC2)s1)OCC(Cl)(Cl)Cl. The van der Waals surface area contributed by atoms with Crippen LogP contribution in [0.3, 0.4) is 0 Å². The third kappa shape index (κ3) is 4.83. The maximum atomic E-state index is 11.4. The summed E-state index contributed by atoms with van der Waals surface area (Å²) in [5.41, 5.74) is 0. The van der Waals surface area contributed by atoms with E-state index in [2.05, 4.69) is 20.4 Å². The first-order chi connectivity index (χ1) is 8.94. The number of carbonyl (C=O) groups is 1. The summed E-state index contributed by atoms with van der Waals surface area (Å²) in [6, 6.07) is 0. The van der Waals surface area contributed by atoms with E-state index in [4.69, 9.17) is 39.5 Å². The summed E-state index contributed by atoms with van der Waals surface area (Å²) < 4.78 is 3.10. The maximum absolute atomic E-state index is 11.4. The Hall–Kier alpha value is -0.500. The first-order valence-electron chi connectivity index (χ1n) is 5.53. The number of carbonyl (C=O) groups excluding carboxylic acids is 1. The van der Waals surface area contributed by atoms with E-state index in [1.165, 1.54) is 11.3 Å². The summed E-state index contributed by atoms with van der Waals surface area (Å²) in [7, 11) is 0. The molecule has 1 aliphatic heterocycles. The van der Waals surface area contributed by atoms with Crippen LogP contribution in [0.2, 0.25) is 0 Å². The van der Waals surface area contributed by atoms with Gasteiger partial charge in [0.05, 0.1) is 0 Å². The molecule has 0 aromatic carbocycles. The summed E-state index contributed by atoms with van der Waals surface area (Å²) in [6.45, 7) is 1.60. The van der Waals surface area contributed by atoms with Gasteiger partial charge in [-0.2, -0.15) is 0 Å². The minimum Gasteiger partial charge on any atom is -0.445 e. The zero-order valence-corrected chi connectivity index (χ0v) is 12.8. The van der Waals surface area contributed by atoms with Crippen LogP contribution < -0.4 is 10.2 Å². The molecule has 2 rings (SSSR count). The summed E-state index contributed by atoms with van der Waals surface area (Å²) >= 11 is 17.7. The Balaban J connectivity index is 1.84. The largest absolute Gasteiger partial charge is 0.445 e. The number of amides is 1. The number of aromatic nitrogens is 2. The summed E-state index contributed by atoms with van der Waals surface area (Å²) in [4.78, 5) is 13.5. The molecule has 0 aliphatic carbocycles. The lowest BCUT2D eigenvalue weighted by Gasteiger charge is -2.11. The van der Waals surface area contributed by atoms with Gasteiger partial charge in [-0.15, -0.1) is 10.2 Å². The van der Waals surface area contributed by atoms with Crippen molar-refractivity contribution in [1.82, 2.24) is 10.2 Å². The standard InChI is InChI=1S/C9H11Cl3N4O2S/c10-9(11,12)5-18-8(17)13-6-14-15-7(19-6)16-3-1-2-4-16/h1-5H2,(H,13,14,17). The molecule has 1 saturated heterocycles. The quantitative estimate of drug-likeness (QED) is 0.853. The molecule has 2 heterocycles. The lowest BCUT2D eigenvalue weighted by Crippen LogP contribution is -2.21. The molecule has 19 heavy (non-hydrogen) atoms. The average Bonchev–Trinajstić information content (AvgIpc) is 2.94. The van der Waals surface area contributed by atoms with Crippen molar-refractivity contribution in [2.75, 3.05) is 29.9 Å². The van der Waals surface area contributed by atoms with Crippen LogP contribution >= 0.6 is 46.1 Å². The molecular formula is C9H11Cl3N4O2S. The molecule has 0 atom stereocenters. The van der Waals surface area contributed by atoms with E-state index in [1.807, 2.05) is 0 Å². The highest BCUT2D eigenvalue weighted by Crippen LogP contribution is 2.28. The monoisotopic (exact) mass is 344 g/mol. The van der Waals surface area contributed by atoms with Gasteiger partial charge in [0, 0.05) is 13.1 Å². The number of halogens is 3. The van der Waals surface area contributed by atoms with Gasteiger partial charge >= 0.3 is 6.09 Å². The number of nitrogens with one attached hydrogen (secondary N) is 1. The predicted octanol–water partition coefficient (Wildman–Crippen LogP) is 3.06. The van der Waals surface area contributed by atoms with Gasteiger partial charge in [0.2, 0.25) is 14.1 Å². The van der Waals surface area contributed by atoms with Crippen molar-refractivity contribution < 1.29 is 9.53 Å². The molecule has 1 N–H and O–H groups in total. The molecule has 0 unspecified atom stereocenters. The van der Waals surface area contributed by atoms with E-state index < -0.39 is 9.89 Å². The van der Waals surface area contributed by atoms with Crippen LogP contribution in [0.4, 0.5) is 15.1 Å². The molecular weight excluding hydrogens is 335 g/mol. The van der Waals surface area contributed by atoms with Gasteiger partial charge < -0.3 is 9.64 Å². The Morgan fingerprint density at radius 1 is 1.37 bits per heavy atom. The minimum absolute atomic E-state index is 0.332. The molecule has 1 amide bonds. The number of alkyl halides is 3. The number of nitrogens with zero attached hydrogens (tertiary/aromatic N) is 3. The van der Waals surface area contributed by atoms with Crippen LogP contribution in [0.15, 0.2) is 0 Å². The van der Waals surface area contributed by atoms with E-state index in [1.54, 1.807) is 0 Å². The van der Waals surface area contributed by atoms with Crippen LogP contribution in [0.5, 0.6) is 0 Å². The zero-order valence-electron chi connectivity index (χ0n) is 9.74. The average molecular weight is 346 g/mol. The number of ether oxygens (including phenoxy) is 1. The molecule has 0 bridgehead atoms. The fraction of sp³-hybridized carbons (Fsp3) is 0.667. The van der Waals surface area contributed by atoms with Gasteiger partial charge in [0.15, 0.2) is 0 Å². The number of anilines is 2. The van der Waals surface area contributed by atoms with Crippen molar-refractivity contribution in [3.05, 3.63) is 0 Å². The first-order valence-corrected chi connectivity index (χ1v) is 7.48. The van der Waals surface area contributed by atoms with Crippen LogP contribution in [0.1, 0.15) is 12.8 Å². The Morgan fingerprint density at radius 2 is 2.05 bits per heavy atom. The normalized spacial score (nSPS) is 15.6. The van der Waals surface area contributed by atoms with Gasteiger partial charge in [-0.05, 0) is 12.8 Å². The fourth-order valence-corrected chi connectivity index (χ4v) is 2.52. The van der Waals surface area contributed by atoms with Gasteiger partial charge in [0.25, 0.3) is 0 Å². The molecule has 1 fully saturated rings. The summed E-state index contributed by atoms with van der Waals surface area (Å²) in [5, 5.41) is 11.5.